The van der Waals surface area contributed by atoms with Crippen LogP contribution in [0.5, 0.6) is 5.88 Å². The second-order valence-corrected chi connectivity index (χ2v) is 5.37. The van der Waals surface area contributed by atoms with Crippen molar-refractivity contribution < 1.29 is 9.13 Å². The average molecular weight is 290 g/mol. The Kier molecular flexibility index (Phi) is 4.15. The third-order valence-electron chi connectivity index (χ3n) is 3.67. The Balaban J connectivity index is 1.48. The molecule has 0 aliphatic carbocycles. The molecule has 5 nitrogen and oxygen atoms in total. The zero-order chi connectivity index (χ0) is 14.7. The largest absolute Gasteiger partial charge is 0.474 e. The van der Waals surface area contributed by atoms with Gasteiger partial charge >= 0.3 is 0 Å². The van der Waals surface area contributed by atoms with E-state index < -0.39 is 5.95 Å². The number of ether oxygens (including phenoxy) is 1. The van der Waals surface area contributed by atoms with Crippen LogP contribution < -0.4 is 4.74 Å². The Labute approximate surface area is 123 Å². The van der Waals surface area contributed by atoms with Gasteiger partial charge in [0.25, 0.3) is 0 Å². The van der Waals surface area contributed by atoms with Crippen molar-refractivity contribution in [1.82, 2.24) is 19.7 Å². The quantitative estimate of drug-likeness (QED) is 0.808. The molecule has 0 bridgehead atoms. The fraction of sp³-hybridized carbons (Fsp3) is 0.467. The van der Waals surface area contributed by atoms with Crippen molar-refractivity contribution in [2.45, 2.75) is 25.5 Å². The van der Waals surface area contributed by atoms with Crippen molar-refractivity contribution in [1.29, 1.82) is 0 Å². The van der Waals surface area contributed by atoms with E-state index in [1.165, 1.54) is 6.07 Å². The highest BCUT2D eigenvalue weighted by Gasteiger charge is 2.21. The number of likely N-dealkylation sites (tertiary alicyclic amines) is 1. The van der Waals surface area contributed by atoms with E-state index in [0.717, 1.165) is 38.2 Å². The molecule has 0 saturated carbocycles. The van der Waals surface area contributed by atoms with Crippen LogP contribution >= 0.6 is 0 Å². The molecule has 112 valence electrons. The lowest BCUT2D eigenvalue weighted by molar-refractivity contribution is 0.0918. The molecule has 3 heterocycles. The SMILES string of the molecule is Cn1ccc(CN2CCC(Oc3cccc(F)n3)CC2)n1. The third-order valence-corrected chi connectivity index (χ3v) is 3.67. The second kappa shape index (κ2) is 6.22. The van der Waals surface area contributed by atoms with E-state index in [-0.39, 0.29) is 6.10 Å². The van der Waals surface area contributed by atoms with Crippen LogP contribution in [0.2, 0.25) is 0 Å². The molecular weight excluding hydrogens is 271 g/mol. The maximum atomic E-state index is 13.0. The molecule has 0 aromatic carbocycles. The predicted octanol–water partition coefficient (Wildman–Crippen LogP) is 2.00. The van der Waals surface area contributed by atoms with E-state index >= 15 is 0 Å². The molecule has 0 N–H and O–H groups in total. The second-order valence-electron chi connectivity index (χ2n) is 5.37. The number of hydrogen-bond acceptors (Lipinski definition) is 4. The number of pyridine rings is 1. The first-order valence-corrected chi connectivity index (χ1v) is 7.19. The molecule has 2 aromatic heterocycles. The minimum Gasteiger partial charge on any atom is -0.474 e. The van der Waals surface area contributed by atoms with Crippen LogP contribution in [0.25, 0.3) is 0 Å². The molecule has 2 aromatic rings. The zero-order valence-electron chi connectivity index (χ0n) is 12.1. The lowest BCUT2D eigenvalue weighted by Gasteiger charge is -2.31. The molecular formula is C15H19FN4O. The highest BCUT2D eigenvalue weighted by Crippen LogP contribution is 2.18. The molecule has 0 radical (unpaired) electrons. The van der Waals surface area contributed by atoms with Gasteiger partial charge in [-0.2, -0.15) is 14.5 Å². The number of aryl methyl sites for hydroxylation is 1. The Morgan fingerprint density at radius 3 is 2.76 bits per heavy atom. The van der Waals surface area contributed by atoms with Gasteiger partial charge < -0.3 is 4.74 Å². The normalized spacial score (nSPS) is 17.0. The van der Waals surface area contributed by atoms with Crippen LogP contribution in [0.15, 0.2) is 30.5 Å². The van der Waals surface area contributed by atoms with E-state index in [1.54, 1.807) is 12.1 Å². The van der Waals surface area contributed by atoms with Crippen molar-refractivity contribution in [3.05, 3.63) is 42.1 Å². The molecule has 0 amide bonds. The van der Waals surface area contributed by atoms with E-state index in [9.17, 15) is 4.39 Å². The standard InChI is InChI=1S/C15H19FN4O/c1-19-8-5-12(18-19)11-20-9-6-13(7-10-20)21-15-4-2-3-14(16)17-15/h2-5,8,13H,6-7,9-11H2,1H3. The van der Waals surface area contributed by atoms with Crippen molar-refractivity contribution in [3.8, 4) is 5.88 Å². The Hall–Kier alpha value is -1.95. The van der Waals surface area contributed by atoms with Crippen LogP contribution in [-0.2, 0) is 13.6 Å². The lowest BCUT2D eigenvalue weighted by atomic mass is 10.1. The maximum absolute atomic E-state index is 13.0. The van der Waals surface area contributed by atoms with Crippen LogP contribution in [0.4, 0.5) is 4.39 Å². The molecule has 6 heteroatoms. The summed E-state index contributed by atoms with van der Waals surface area (Å²) in [4.78, 5) is 6.10. The number of rotatable bonds is 4. The molecule has 0 atom stereocenters. The molecule has 3 rings (SSSR count). The van der Waals surface area contributed by atoms with Gasteiger partial charge in [0.2, 0.25) is 11.8 Å². The first-order valence-electron chi connectivity index (χ1n) is 7.19. The summed E-state index contributed by atoms with van der Waals surface area (Å²) >= 11 is 0. The first kappa shape index (κ1) is 14.0. The summed E-state index contributed by atoms with van der Waals surface area (Å²) in [6, 6.07) is 6.68. The highest BCUT2D eigenvalue weighted by molar-refractivity contribution is 5.11. The Morgan fingerprint density at radius 2 is 2.10 bits per heavy atom. The fourth-order valence-corrected chi connectivity index (χ4v) is 2.59. The number of hydrogen-bond donors (Lipinski definition) is 0. The highest BCUT2D eigenvalue weighted by atomic mass is 19.1. The molecule has 21 heavy (non-hydrogen) atoms. The van der Waals surface area contributed by atoms with Crippen molar-refractivity contribution in [2.24, 2.45) is 7.05 Å². The summed E-state index contributed by atoms with van der Waals surface area (Å²) in [6.07, 6.45) is 3.91. The van der Waals surface area contributed by atoms with E-state index in [0.29, 0.717) is 5.88 Å². The number of piperidine rings is 1. The molecule has 1 aliphatic heterocycles. The van der Waals surface area contributed by atoms with Gasteiger partial charge in [-0.1, -0.05) is 6.07 Å². The fourth-order valence-electron chi connectivity index (χ4n) is 2.59. The van der Waals surface area contributed by atoms with Gasteiger partial charge in [-0.25, -0.2) is 0 Å². The summed E-state index contributed by atoms with van der Waals surface area (Å²) < 4.78 is 20.6. The van der Waals surface area contributed by atoms with Crippen molar-refractivity contribution in [2.75, 3.05) is 13.1 Å². The summed E-state index contributed by atoms with van der Waals surface area (Å²) in [6.45, 7) is 2.78. The third kappa shape index (κ3) is 3.78. The van der Waals surface area contributed by atoms with Gasteiger partial charge in [-0.3, -0.25) is 9.58 Å². The monoisotopic (exact) mass is 290 g/mol. The Bertz CT molecular complexity index is 593. The smallest absolute Gasteiger partial charge is 0.216 e. The van der Waals surface area contributed by atoms with Crippen LogP contribution in [0.1, 0.15) is 18.5 Å². The summed E-state index contributed by atoms with van der Waals surface area (Å²) in [7, 11) is 1.93. The molecule has 0 spiro atoms. The molecule has 1 saturated heterocycles. The molecule has 1 aliphatic rings. The van der Waals surface area contributed by atoms with Gasteiger partial charge in [-0.05, 0) is 25.0 Å². The zero-order valence-corrected chi connectivity index (χ0v) is 12.1. The number of aromatic nitrogens is 3. The number of nitrogens with zero attached hydrogens (tertiary/aromatic N) is 4. The summed E-state index contributed by atoms with van der Waals surface area (Å²) in [5.74, 6) is -0.127. The lowest BCUT2D eigenvalue weighted by Crippen LogP contribution is -2.38. The number of halogens is 1. The first-order chi connectivity index (χ1) is 10.2. The summed E-state index contributed by atoms with van der Waals surface area (Å²) in [5.41, 5.74) is 1.09. The van der Waals surface area contributed by atoms with Gasteiger partial charge in [0.1, 0.15) is 6.10 Å². The predicted molar refractivity (Wildman–Crippen MR) is 76.3 cm³/mol. The van der Waals surface area contributed by atoms with E-state index in [2.05, 4.69) is 15.0 Å². The average Bonchev–Trinajstić information content (AvgIpc) is 2.86. The van der Waals surface area contributed by atoms with Gasteiger partial charge in [-0.15, -0.1) is 0 Å². The summed E-state index contributed by atoms with van der Waals surface area (Å²) in [5, 5.41) is 4.39. The van der Waals surface area contributed by atoms with Crippen molar-refractivity contribution >= 4 is 0 Å². The maximum Gasteiger partial charge on any atom is 0.216 e. The van der Waals surface area contributed by atoms with Crippen LogP contribution in [0, 0.1) is 5.95 Å². The molecule has 0 unspecified atom stereocenters. The van der Waals surface area contributed by atoms with E-state index in [4.69, 9.17) is 4.74 Å². The minimum absolute atomic E-state index is 0.110. The molecule has 1 fully saturated rings. The minimum atomic E-state index is -0.500. The van der Waals surface area contributed by atoms with Crippen LogP contribution in [0.3, 0.4) is 0 Å². The van der Waals surface area contributed by atoms with Gasteiger partial charge in [0.15, 0.2) is 0 Å². The topological polar surface area (TPSA) is 43.2 Å². The van der Waals surface area contributed by atoms with Crippen LogP contribution in [-0.4, -0.2) is 38.9 Å². The van der Waals surface area contributed by atoms with Gasteiger partial charge in [0, 0.05) is 38.9 Å². The Morgan fingerprint density at radius 1 is 1.29 bits per heavy atom. The van der Waals surface area contributed by atoms with Gasteiger partial charge in [0.05, 0.1) is 5.69 Å². The van der Waals surface area contributed by atoms with E-state index in [1.807, 2.05) is 24.0 Å². The van der Waals surface area contributed by atoms with Crippen molar-refractivity contribution in [3.63, 3.8) is 0 Å².